The number of fused-ring (bicyclic) bond motifs is 1. The molecule has 6 nitrogen and oxygen atoms in total. The molecular formula is C26H34F2N2O4Si. The minimum Gasteiger partial charge on any atom is -0.444 e. The Balaban J connectivity index is 1.99. The summed E-state index contributed by atoms with van der Waals surface area (Å²) in [7, 11) is -0.666. The van der Waals surface area contributed by atoms with Crippen molar-refractivity contribution < 1.29 is 27.8 Å². The lowest BCUT2D eigenvalue weighted by atomic mass is 9.90. The highest BCUT2D eigenvalue weighted by Gasteiger charge is 2.38. The number of carbonyl (C=O) groups excluding carboxylic acids is 2. The highest BCUT2D eigenvalue weighted by atomic mass is 28.3. The molecule has 1 heterocycles. The molecule has 3 rings (SSSR count). The molecule has 190 valence electrons. The molecule has 1 N–H and O–H groups in total. The van der Waals surface area contributed by atoms with Crippen LogP contribution in [0, 0.1) is 11.6 Å². The summed E-state index contributed by atoms with van der Waals surface area (Å²) in [5.41, 5.74) is 1.74. The third kappa shape index (κ3) is 6.27. The number of methoxy groups -OCH3 is 1. The molecule has 0 spiro atoms. The maximum atomic E-state index is 14.8. The zero-order chi connectivity index (χ0) is 26.1. The van der Waals surface area contributed by atoms with Gasteiger partial charge in [0, 0.05) is 24.5 Å². The van der Waals surface area contributed by atoms with Gasteiger partial charge in [0.05, 0.1) is 14.7 Å². The van der Waals surface area contributed by atoms with Crippen molar-refractivity contribution in [2.45, 2.75) is 65.1 Å². The molecule has 2 amide bonds. The number of hydrogen-bond donors (Lipinski definition) is 1. The van der Waals surface area contributed by atoms with E-state index < -0.39 is 43.4 Å². The summed E-state index contributed by atoms with van der Waals surface area (Å²) in [6, 6.07) is 6.83. The van der Waals surface area contributed by atoms with Crippen LogP contribution in [-0.4, -0.2) is 44.2 Å². The summed E-state index contributed by atoms with van der Waals surface area (Å²) in [5.74, 6) is -1.94. The monoisotopic (exact) mass is 504 g/mol. The second-order valence-corrected chi connectivity index (χ2v) is 15.8. The molecule has 0 aliphatic carbocycles. The van der Waals surface area contributed by atoms with Gasteiger partial charge in [-0.25, -0.2) is 13.6 Å². The highest BCUT2D eigenvalue weighted by molar-refractivity contribution is 6.88. The zero-order valence-corrected chi connectivity index (χ0v) is 22.4. The molecule has 1 aliphatic heterocycles. The number of nitrogens with one attached hydrogen (secondary N) is 1. The van der Waals surface area contributed by atoms with E-state index in [0.717, 1.165) is 23.3 Å². The Morgan fingerprint density at radius 1 is 1.11 bits per heavy atom. The Labute approximate surface area is 206 Å². The summed E-state index contributed by atoms with van der Waals surface area (Å²) in [6.07, 6.45) is -0.0972. The lowest BCUT2D eigenvalue weighted by molar-refractivity contribution is -0.121. The Morgan fingerprint density at radius 3 is 2.29 bits per heavy atom. The van der Waals surface area contributed by atoms with Gasteiger partial charge in [-0.1, -0.05) is 37.8 Å². The molecule has 1 atom stereocenters. The number of ether oxygens (including phenoxy) is 2. The van der Waals surface area contributed by atoms with E-state index in [1.54, 1.807) is 33.9 Å². The van der Waals surface area contributed by atoms with Gasteiger partial charge in [0.25, 0.3) is 5.91 Å². The van der Waals surface area contributed by atoms with Gasteiger partial charge in [-0.2, -0.15) is 0 Å². The summed E-state index contributed by atoms with van der Waals surface area (Å²) < 4.78 is 40.3. The maximum Gasteiger partial charge on any atom is 0.411 e. The number of amides is 2. The summed E-state index contributed by atoms with van der Waals surface area (Å²) in [5, 5.41) is 2.71. The topological polar surface area (TPSA) is 67.9 Å². The Kier molecular flexibility index (Phi) is 7.71. The van der Waals surface area contributed by atoms with E-state index in [1.165, 1.54) is 4.90 Å². The van der Waals surface area contributed by atoms with Crippen molar-refractivity contribution in [2.75, 3.05) is 19.0 Å². The number of halogens is 2. The van der Waals surface area contributed by atoms with Crippen molar-refractivity contribution in [3.63, 3.8) is 0 Å². The molecule has 35 heavy (non-hydrogen) atoms. The van der Waals surface area contributed by atoms with Crippen molar-refractivity contribution in [1.29, 1.82) is 0 Å². The standard InChI is InChI=1S/C26H34F2N2O4Si/c1-26(2,3)34-25(32)30-11-10-17-12-16(15-33-4)8-9-19(17)22(30)24(31)29-18-13-20(27)23(21(28)14-18)35(5,6)7/h8-9,12-14,22H,10-11,15H2,1-7H3,(H,29,31)/t22-/m0/s1. The van der Waals surface area contributed by atoms with Crippen LogP contribution >= 0.6 is 0 Å². The van der Waals surface area contributed by atoms with Crippen LogP contribution in [0.5, 0.6) is 0 Å². The number of anilines is 1. The van der Waals surface area contributed by atoms with E-state index >= 15 is 0 Å². The van der Waals surface area contributed by atoms with E-state index in [-0.39, 0.29) is 17.4 Å². The molecule has 2 aromatic carbocycles. The molecule has 0 radical (unpaired) electrons. The quantitative estimate of drug-likeness (QED) is 0.574. The molecule has 1 aliphatic rings. The lowest BCUT2D eigenvalue weighted by Crippen LogP contribution is -2.47. The van der Waals surface area contributed by atoms with E-state index in [4.69, 9.17) is 9.47 Å². The molecule has 0 bridgehead atoms. The molecule has 0 fully saturated rings. The fourth-order valence-corrected chi connectivity index (χ4v) is 5.89. The molecule has 2 aromatic rings. The average Bonchev–Trinajstić information content (AvgIpc) is 2.70. The van der Waals surface area contributed by atoms with Gasteiger partial charge in [-0.05, 0) is 56.0 Å². The number of nitrogens with zero attached hydrogens (tertiary/aromatic N) is 1. The minimum atomic E-state index is -2.27. The average molecular weight is 505 g/mol. The Morgan fingerprint density at radius 2 is 1.74 bits per heavy atom. The second kappa shape index (κ2) is 10.1. The van der Waals surface area contributed by atoms with Crippen LogP contribution in [0.15, 0.2) is 30.3 Å². The van der Waals surface area contributed by atoms with Crippen LogP contribution in [0.2, 0.25) is 19.6 Å². The molecule has 0 saturated carbocycles. The molecular weight excluding hydrogens is 470 g/mol. The van der Waals surface area contributed by atoms with Crippen LogP contribution in [-0.2, 0) is 27.3 Å². The van der Waals surface area contributed by atoms with Gasteiger partial charge in [0.1, 0.15) is 23.3 Å². The fraction of sp³-hybridized carbons (Fsp3) is 0.462. The van der Waals surface area contributed by atoms with E-state index in [2.05, 4.69) is 5.32 Å². The van der Waals surface area contributed by atoms with Gasteiger partial charge in [0.2, 0.25) is 0 Å². The first-order valence-corrected chi connectivity index (χ1v) is 15.1. The van der Waals surface area contributed by atoms with E-state index in [9.17, 15) is 18.4 Å². The van der Waals surface area contributed by atoms with Crippen molar-refractivity contribution in [2.24, 2.45) is 0 Å². The van der Waals surface area contributed by atoms with Gasteiger partial charge in [-0.3, -0.25) is 9.69 Å². The summed E-state index contributed by atoms with van der Waals surface area (Å²) >= 11 is 0. The Bertz CT molecular complexity index is 1100. The van der Waals surface area contributed by atoms with Crippen LogP contribution in [0.4, 0.5) is 19.3 Å². The largest absolute Gasteiger partial charge is 0.444 e. The van der Waals surface area contributed by atoms with Gasteiger partial charge in [-0.15, -0.1) is 0 Å². The maximum absolute atomic E-state index is 14.8. The fourth-order valence-electron chi connectivity index (χ4n) is 4.31. The molecule has 0 unspecified atom stereocenters. The molecule has 9 heteroatoms. The van der Waals surface area contributed by atoms with Crippen LogP contribution in [0.25, 0.3) is 0 Å². The third-order valence-corrected chi connectivity index (χ3v) is 7.66. The first kappa shape index (κ1) is 26.8. The Hall–Kier alpha value is -2.78. The molecule has 0 aromatic heterocycles. The normalized spacial score (nSPS) is 16.0. The van der Waals surface area contributed by atoms with Crippen molar-refractivity contribution in [3.05, 3.63) is 58.7 Å². The summed E-state index contributed by atoms with van der Waals surface area (Å²) in [6.45, 7) is 11.5. The van der Waals surface area contributed by atoms with E-state index in [0.29, 0.717) is 18.6 Å². The van der Waals surface area contributed by atoms with Crippen LogP contribution < -0.4 is 10.5 Å². The van der Waals surface area contributed by atoms with E-state index in [1.807, 2.05) is 31.8 Å². The predicted octanol–water partition coefficient (Wildman–Crippen LogP) is 5.13. The van der Waals surface area contributed by atoms with Crippen molar-refractivity contribution in [3.8, 4) is 0 Å². The SMILES string of the molecule is COCc1ccc2c(c1)CCN(C(=O)OC(C)(C)C)[C@@H]2C(=O)Nc1cc(F)c([Si](C)(C)C)c(F)c1. The van der Waals surface area contributed by atoms with Crippen LogP contribution in [0.3, 0.4) is 0 Å². The number of benzene rings is 2. The van der Waals surface area contributed by atoms with Crippen molar-refractivity contribution >= 4 is 30.9 Å². The second-order valence-electron chi connectivity index (χ2n) is 10.8. The number of hydrogen-bond acceptors (Lipinski definition) is 4. The summed E-state index contributed by atoms with van der Waals surface area (Å²) in [4.78, 5) is 27.9. The van der Waals surface area contributed by atoms with Gasteiger partial charge in [0.15, 0.2) is 0 Å². The molecule has 0 saturated heterocycles. The lowest BCUT2D eigenvalue weighted by Gasteiger charge is -2.37. The zero-order valence-electron chi connectivity index (χ0n) is 21.4. The highest BCUT2D eigenvalue weighted by Crippen LogP contribution is 2.33. The van der Waals surface area contributed by atoms with Gasteiger partial charge < -0.3 is 14.8 Å². The van der Waals surface area contributed by atoms with Crippen molar-refractivity contribution in [1.82, 2.24) is 4.90 Å². The first-order valence-electron chi connectivity index (χ1n) is 11.6. The smallest absolute Gasteiger partial charge is 0.411 e. The first-order chi connectivity index (χ1) is 16.2. The van der Waals surface area contributed by atoms with Crippen LogP contribution in [0.1, 0.15) is 43.5 Å². The third-order valence-electron chi connectivity index (χ3n) is 5.68. The number of rotatable bonds is 5. The minimum absolute atomic E-state index is 0.000680. The number of carbonyl (C=O) groups is 2. The van der Waals surface area contributed by atoms with Gasteiger partial charge >= 0.3 is 6.09 Å². The predicted molar refractivity (Wildman–Crippen MR) is 135 cm³/mol.